The van der Waals surface area contributed by atoms with Crippen molar-refractivity contribution in [2.24, 2.45) is 5.41 Å². The summed E-state index contributed by atoms with van der Waals surface area (Å²) in [6.07, 6.45) is 4.53. The zero-order valence-corrected chi connectivity index (χ0v) is 8.31. The fourth-order valence-corrected chi connectivity index (χ4v) is 1.09. The maximum atomic E-state index is 11.6. The standard InChI is InChI=1S/C10H19NO/c1-4-10(2,3)9(12)11-8-6-5-7-8/h8H,4-7H2,1-3H3,(H,11,12). The van der Waals surface area contributed by atoms with E-state index in [9.17, 15) is 4.79 Å². The summed E-state index contributed by atoms with van der Waals surface area (Å²) < 4.78 is 0. The summed E-state index contributed by atoms with van der Waals surface area (Å²) in [5.41, 5.74) is -0.185. The summed E-state index contributed by atoms with van der Waals surface area (Å²) in [6.45, 7) is 6.06. The van der Waals surface area contributed by atoms with Crippen molar-refractivity contribution < 1.29 is 4.79 Å². The van der Waals surface area contributed by atoms with Gasteiger partial charge in [0.1, 0.15) is 0 Å². The summed E-state index contributed by atoms with van der Waals surface area (Å²) in [4.78, 5) is 11.6. The second-order valence-electron chi connectivity index (χ2n) is 4.34. The average Bonchev–Trinajstić information content (AvgIpc) is 1.96. The van der Waals surface area contributed by atoms with Crippen molar-refractivity contribution in [2.45, 2.75) is 52.5 Å². The van der Waals surface area contributed by atoms with Crippen LogP contribution in [0.4, 0.5) is 0 Å². The van der Waals surface area contributed by atoms with Gasteiger partial charge in [-0.15, -0.1) is 0 Å². The lowest BCUT2D eigenvalue weighted by Crippen LogP contribution is -2.45. The van der Waals surface area contributed by atoms with Gasteiger partial charge in [0.05, 0.1) is 0 Å². The predicted molar refractivity (Wildman–Crippen MR) is 49.9 cm³/mol. The fourth-order valence-electron chi connectivity index (χ4n) is 1.09. The molecule has 0 bridgehead atoms. The molecule has 1 aliphatic carbocycles. The summed E-state index contributed by atoms with van der Waals surface area (Å²) in [6, 6.07) is 0.475. The second kappa shape index (κ2) is 3.46. The topological polar surface area (TPSA) is 29.1 Å². The van der Waals surface area contributed by atoms with E-state index in [1.54, 1.807) is 0 Å². The lowest BCUT2D eigenvalue weighted by molar-refractivity contribution is -0.130. The Morgan fingerprint density at radius 3 is 2.42 bits per heavy atom. The molecule has 1 rings (SSSR count). The maximum Gasteiger partial charge on any atom is 0.225 e. The van der Waals surface area contributed by atoms with Crippen molar-refractivity contribution in [1.82, 2.24) is 5.32 Å². The van der Waals surface area contributed by atoms with E-state index in [1.165, 1.54) is 19.3 Å². The molecular weight excluding hydrogens is 150 g/mol. The van der Waals surface area contributed by atoms with Gasteiger partial charge in [0.2, 0.25) is 5.91 Å². The smallest absolute Gasteiger partial charge is 0.225 e. The van der Waals surface area contributed by atoms with Crippen LogP contribution in [0.15, 0.2) is 0 Å². The van der Waals surface area contributed by atoms with Gasteiger partial charge in [-0.1, -0.05) is 20.8 Å². The third-order valence-corrected chi connectivity index (χ3v) is 2.94. The zero-order chi connectivity index (χ0) is 9.19. The van der Waals surface area contributed by atoms with Gasteiger partial charge in [-0.3, -0.25) is 4.79 Å². The molecule has 0 aromatic heterocycles. The van der Waals surface area contributed by atoms with Gasteiger partial charge in [-0.25, -0.2) is 0 Å². The molecule has 1 aliphatic rings. The fraction of sp³-hybridized carbons (Fsp3) is 0.900. The van der Waals surface area contributed by atoms with Gasteiger partial charge in [0.15, 0.2) is 0 Å². The number of rotatable bonds is 3. The van der Waals surface area contributed by atoms with E-state index in [0.29, 0.717) is 6.04 Å². The Kier molecular flexibility index (Phi) is 2.76. The van der Waals surface area contributed by atoms with Crippen LogP contribution in [0.2, 0.25) is 0 Å². The number of nitrogens with one attached hydrogen (secondary N) is 1. The quantitative estimate of drug-likeness (QED) is 0.688. The molecule has 2 heteroatoms. The van der Waals surface area contributed by atoms with Crippen LogP contribution in [-0.2, 0) is 4.79 Å². The first-order chi connectivity index (χ1) is 5.56. The van der Waals surface area contributed by atoms with Crippen LogP contribution in [0.5, 0.6) is 0 Å². The summed E-state index contributed by atoms with van der Waals surface area (Å²) in [5.74, 6) is 0.217. The molecule has 0 spiro atoms. The molecule has 2 nitrogen and oxygen atoms in total. The zero-order valence-electron chi connectivity index (χ0n) is 8.31. The Morgan fingerprint density at radius 2 is 2.08 bits per heavy atom. The van der Waals surface area contributed by atoms with E-state index < -0.39 is 0 Å². The lowest BCUT2D eigenvalue weighted by atomic mass is 9.86. The van der Waals surface area contributed by atoms with Gasteiger partial charge >= 0.3 is 0 Å². The minimum Gasteiger partial charge on any atom is -0.353 e. The van der Waals surface area contributed by atoms with Crippen LogP contribution in [0.25, 0.3) is 0 Å². The van der Waals surface area contributed by atoms with Gasteiger partial charge in [0.25, 0.3) is 0 Å². The van der Waals surface area contributed by atoms with Crippen LogP contribution >= 0.6 is 0 Å². The van der Waals surface area contributed by atoms with Crippen molar-refractivity contribution in [1.29, 1.82) is 0 Å². The third-order valence-electron chi connectivity index (χ3n) is 2.94. The highest BCUT2D eigenvalue weighted by atomic mass is 16.2. The molecule has 70 valence electrons. The molecule has 0 atom stereocenters. The Hall–Kier alpha value is -0.530. The van der Waals surface area contributed by atoms with Crippen LogP contribution in [0.3, 0.4) is 0 Å². The highest BCUT2D eigenvalue weighted by Gasteiger charge is 2.28. The van der Waals surface area contributed by atoms with Gasteiger partial charge < -0.3 is 5.32 Å². The van der Waals surface area contributed by atoms with Crippen molar-refractivity contribution in [3.63, 3.8) is 0 Å². The molecule has 0 saturated heterocycles. The molecule has 0 unspecified atom stereocenters. The SMILES string of the molecule is CCC(C)(C)C(=O)NC1CCC1. The normalized spacial score (nSPS) is 18.6. The number of carbonyl (C=O) groups excluding carboxylic acids is 1. The predicted octanol–water partition coefficient (Wildman–Crippen LogP) is 2.09. The Morgan fingerprint density at radius 1 is 1.50 bits per heavy atom. The first-order valence-electron chi connectivity index (χ1n) is 4.87. The van der Waals surface area contributed by atoms with E-state index in [1.807, 2.05) is 13.8 Å². The summed E-state index contributed by atoms with van der Waals surface area (Å²) >= 11 is 0. The molecule has 0 aromatic rings. The van der Waals surface area contributed by atoms with Crippen LogP contribution < -0.4 is 5.32 Å². The van der Waals surface area contributed by atoms with Crippen molar-refractivity contribution >= 4 is 5.91 Å². The summed E-state index contributed by atoms with van der Waals surface area (Å²) in [5, 5.41) is 3.07. The Labute approximate surface area is 74.7 Å². The second-order valence-corrected chi connectivity index (χ2v) is 4.34. The van der Waals surface area contributed by atoms with Crippen LogP contribution in [0, 0.1) is 5.41 Å². The average molecular weight is 169 g/mol. The maximum absolute atomic E-state index is 11.6. The largest absolute Gasteiger partial charge is 0.353 e. The van der Waals surface area contributed by atoms with E-state index in [4.69, 9.17) is 0 Å². The third kappa shape index (κ3) is 1.99. The molecule has 1 saturated carbocycles. The van der Waals surface area contributed by atoms with Gasteiger partial charge in [-0.05, 0) is 25.7 Å². The molecule has 1 fully saturated rings. The van der Waals surface area contributed by atoms with E-state index in [-0.39, 0.29) is 11.3 Å². The molecule has 1 amide bonds. The van der Waals surface area contributed by atoms with Gasteiger partial charge in [0, 0.05) is 11.5 Å². The van der Waals surface area contributed by atoms with E-state index in [2.05, 4.69) is 12.2 Å². The number of amides is 1. The Balaban J connectivity index is 2.35. The summed E-state index contributed by atoms with van der Waals surface area (Å²) in [7, 11) is 0. The van der Waals surface area contributed by atoms with E-state index >= 15 is 0 Å². The van der Waals surface area contributed by atoms with Gasteiger partial charge in [-0.2, -0.15) is 0 Å². The number of hydrogen-bond acceptors (Lipinski definition) is 1. The van der Waals surface area contributed by atoms with Crippen molar-refractivity contribution in [3.8, 4) is 0 Å². The molecule has 0 aromatic carbocycles. The van der Waals surface area contributed by atoms with Crippen LogP contribution in [0.1, 0.15) is 46.5 Å². The minimum absolute atomic E-state index is 0.185. The first-order valence-corrected chi connectivity index (χ1v) is 4.87. The van der Waals surface area contributed by atoms with Crippen molar-refractivity contribution in [3.05, 3.63) is 0 Å². The first kappa shape index (κ1) is 9.56. The minimum atomic E-state index is -0.185. The molecule has 12 heavy (non-hydrogen) atoms. The van der Waals surface area contributed by atoms with Crippen molar-refractivity contribution in [2.75, 3.05) is 0 Å². The number of hydrogen-bond donors (Lipinski definition) is 1. The molecular formula is C10H19NO. The molecule has 1 N–H and O–H groups in total. The molecule has 0 radical (unpaired) electrons. The number of carbonyl (C=O) groups is 1. The Bertz CT molecular complexity index is 171. The van der Waals surface area contributed by atoms with Crippen LogP contribution in [-0.4, -0.2) is 11.9 Å². The highest BCUT2D eigenvalue weighted by Crippen LogP contribution is 2.23. The molecule has 0 heterocycles. The lowest BCUT2D eigenvalue weighted by Gasteiger charge is -2.31. The van der Waals surface area contributed by atoms with E-state index in [0.717, 1.165) is 6.42 Å². The highest BCUT2D eigenvalue weighted by molar-refractivity contribution is 5.82. The molecule has 0 aliphatic heterocycles. The monoisotopic (exact) mass is 169 g/mol.